The molecule has 26 heavy (non-hydrogen) atoms. The van der Waals surface area contributed by atoms with Gasteiger partial charge in [0.1, 0.15) is 5.75 Å². The van der Waals surface area contributed by atoms with Gasteiger partial charge in [0.15, 0.2) is 0 Å². The predicted octanol–water partition coefficient (Wildman–Crippen LogP) is 4.98. The van der Waals surface area contributed by atoms with Gasteiger partial charge < -0.3 is 9.72 Å². The first-order valence-corrected chi connectivity index (χ1v) is 9.02. The summed E-state index contributed by atoms with van der Waals surface area (Å²) >= 11 is 0. The summed E-state index contributed by atoms with van der Waals surface area (Å²) in [5, 5.41) is 0. The maximum absolute atomic E-state index is 5.26. The number of ether oxygens (including phenoxy) is 1. The number of benzene rings is 2. The average Bonchev–Trinajstić information content (AvgIpc) is 3.12. The van der Waals surface area contributed by atoms with E-state index in [1.165, 1.54) is 22.4 Å². The number of nitrogens with zero attached hydrogens (tertiary/aromatic N) is 1. The van der Waals surface area contributed by atoms with Gasteiger partial charge in [-0.1, -0.05) is 36.4 Å². The number of methoxy groups -OCH3 is 1. The van der Waals surface area contributed by atoms with Gasteiger partial charge in [-0.3, -0.25) is 4.90 Å². The highest BCUT2D eigenvalue weighted by atomic mass is 16.5. The Balaban J connectivity index is 1.59. The molecule has 3 heteroatoms. The first-order chi connectivity index (χ1) is 12.8. The standard InChI is InChI=1S/C23H24N2O/c1-3-18-15-25(14-17-7-5-4-6-8-17)16-20-13-22(24-23(18)20)19-9-11-21(26-2)12-10-19/h3-13,18,24H,1,14-16H2,2H3. The Morgan fingerprint density at radius 2 is 1.92 bits per heavy atom. The van der Waals surface area contributed by atoms with Crippen molar-refractivity contribution in [2.75, 3.05) is 13.7 Å². The van der Waals surface area contributed by atoms with Crippen molar-refractivity contribution in [3.8, 4) is 17.0 Å². The lowest BCUT2D eigenvalue weighted by Crippen LogP contribution is -2.32. The minimum absolute atomic E-state index is 0.328. The average molecular weight is 344 g/mol. The van der Waals surface area contributed by atoms with Crippen molar-refractivity contribution >= 4 is 0 Å². The van der Waals surface area contributed by atoms with E-state index in [4.69, 9.17) is 4.74 Å². The number of nitrogens with one attached hydrogen (secondary N) is 1. The molecule has 0 spiro atoms. The molecule has 2 aromatic carbocycles. The zero-order chi connectivity index (χ0) is 17.9. The van der Waals surface area contributed by atoms with Gasteiger partial charge in [-0.2, -0.15) is 0 Å². The zero-order valence-corrected chi connectivity index (χ0v) is 15.1. The molecule has 132 valence electrons. The van der Waals surface area contributed by atoms with Crippen LogP contribution in [0, 0.1) is 0 Å². The SMILES string of the molecule is C=CC1CN(Cc2ccccc2)Cc2cc(-c3ccc(OC)cc3)[nH]c21. The maximum Gasteiger partial charge on any atom is 0.118 e. The summed E-state index contributed by atoms with van der Waals surface area (Å²) in [5.41, 5.74) is 6.35. The number of hydrogen-bond acceptors (Lipinski definition) is 2. The van der Waals surface area contributed by atoms with E-state index in [1.807, 2.05) is 12.1 Å². The molecular weight excluding hydrogens is 320 g/mol. The van der Waals surface area contributed by atoms with Gasteiger partial charge in [0.2, 0.25) is 0 Å². The van der Waals surface area contributed by atoms with Gasteiger partial charge in [-0.05, 0) is 47.0 Å². The van der Waals surface area contributed by atoms with E-state index in [2.05, 4.69) is 71.1 Å². The van der Waals surface area contributed by atoms with Crippen molar-refractivity contribution in [3.05, 3.63) is 90.1 Å². The van der Waals surface area contributed by atoms with Crippen LogP contribution >= 0.6 is 0 Å². The lowest BCUT2D eigenvalue weighted by Gasteiger charge is -2.31. The molecule has 0 aliphatic carbocycles. The highest BCUT2D eigenvalue weighted by Crippen LogP contribution is 2.33. The van der Waals surface area contributed by atoms with Crippen LogP contribution in [0.2, 0.25) is 0 Å². The molecule has 1 aromatic heterocycles. The molecule has 0 amide bonds. The van der Waals surface area contributed by atoms with Crippen LogP contribution in [-0.4, -0.2) is 23.5 Å². The van der Waals surface area contributed by atoms with Crippen molar-refractivity contribution in [1.29, 1.82) is 0 Å². The molecule has 0 bridgehead atoms. The number of H-pyrrole nitrogens is 1. The lowest BCUT2D eigenvalue weighted by molar-refractivity contribution is 0.233. The molecule has 1 N–H and O–H groups in total. The van der Waals surface area contributed by atoms with E-state index in [9.17, 15) is 0 Å². The molecule has 0 radical (unpaired) electrons. The van der Waals surface area contributed by atoms with E-state index >= 15 is 0 Å². The Hall–Kier alpha value is -2.78. The Morgan fingerprint density at radius 3 is 2.62 bits per heavy atom. The molecule has 3 nitrogen and oxygen atoms in total. The molecular formula is C23H24N2O. The maximum atomic E-state index is 5.26. The van der Waals surface area contributed by atoms with Crippen LogP contribution in [0.25, 0.3) is 11.3 Å². The molecule has 1 aliphatic heterocycles. The monoisotopic (exact) mass is 344 g/mol. The fourth-order valence-electron chi connectivity index (χ4n) is 3.73. The molecule has 3 aromatic rings. The minimum atomic E-state index is 0.328. The summed E-state index contributed by atoms with van der Waals surface area (Å²) in [4.78, 5) is 6.13. The van der Waals surface area contributed by atoms with E-state index in [-0.39, 0.29) is 0 Å². The quantitative estimate of drug-likeness (QED) is 0.662. The van der Waals surface area contributed by atoms with Gasteiger partial charge in [0, 0.05) is 36.9 Å². The molecule has 1 aliphatic rings. The second-order valence-corrected chi connectivity index (χ2v) is 6.85. The Labute approximate surface area is 154 Å². The second kappa shape index (κ2) is 7.22. The molecule has 1 atom stereocenters. The van der Waals surface area contributed by atoms with Crippen LogP contribution in [0.3, 0.4) is 0 Å². The highest BCUT2D eigenvalue weighted by Gasteiger charge is 2.25. The molecule has 1 unspecified atom stereocenters. The number of aromatic nitrogens is 1. The van der Waals surface area contributed by atoms with Crippen molar-refractivity contribution in [1.82, 2.24) is 9.88 Å². The normalized spacial score (nSPS) is 16.9. The summed E-state index contributed by atoms with van der Waals surface area (Å²) < 4.78 is 5.26. The van der Waals surface area contributed by atoms with Crippen LogP contribution in [0.5, 0.6) is 5.75 Å². The molecule has 2 heterocycles. The van der Waals surface area contributed by atoms with Gasteiger partial charge in [0.25, 0.3) is 0 Å². The molecule has 0 saturated carbocycles. The van der Waals surface area contributed by atoms with Crippen molar-refractivity contribution in [3.63, 3.8) is 0 Å². The van der Waals surface area contributed by atoms with Crippen molar-refractivity contribution < 1.29 is 4.74 Å². The molecule has 4 rings (SSSR count). The number of hydrogen-bond donors (Lipinski definition) is 1. The topological polar surface area (TPSA) is 28.3 Å². The lowest BCUT2D eigenvalue weighted by atomic mass is 9.96. The van der Waals surface area contributed by atoms with Crippen LogP contribution in [0.15, 0.2) is 73.3 Å². The van der Waals surface area contributed by atoms with Crippen LogP contribution in [-0.2, 0) is 13.1 Å². The summed E-state index contributed by atoms with van der Waals surface area (Å²) in [6.45, 7) is 6.99. The van der Waals surface area contributed by atoms with E-state index < -0.39 is 0 Å². The third-order valence-electron chi connectivity index (χ3n) is 5.09. The Kier molecular flexibility index (Phi) is 4.63. The summed E-state index contributed by atoms with van der Waals surface area (Å²) in [7, 11) is 1.69. The summed E-state index contributed by atoms with van der Waals surface area (Å²) in [5.74, 6) is 1.21. The predicted molar refractivity (Wildman–Crippen MR) is 106 cm³/mol. The van der Waals surface area contributed by atoms with Crippen molar-refractivity contribution in [2.24, 2.45) is 0 Å². The molecule has 0 saturated heterocycles. The fraction of sp³-hybridized carbons (Fsp3) is 0.217. The highest BCUT2D eigenvalue weighted by molar-refractivity contribution is 5.63. The number of rotatable bonds is 5. The Bertz CT molecular complexity index is 880. The minimum Gasteiger partial charge on any atom is -0.497 e. The van der Waals surface area contributed by atoms with Crippen LogP contribution in [0.1, 0.15) is 22.7 Å². The number of fused-ring (bicyclic) bond motifs is 1. The summed E-state index contributed by atoms with van der Waals surface area (Å²) in [6, 6.07) is 21.1. The zero-order valence-electron chi connectivity index (χ0n) is 15.1. The third kappa shape index (κ3) is 3.31. The number of aromatic amines is 1. The van der Waals surface area contributed by atoms with Gasteiger partial charge in [-0.25, -0.2) is 0 Å². The smallest absolute Gasteiger partial charge is 0.118 e. The first-order valence-electron chi connectivity index (χ1n) is 9.02. The molecule has 0 fully saturated rings. The Morgan fingerprint density at radius 1 is 1.15 bits per heavy atom. The van der Waals surface area contributed by atoms with Crippen LogP contribution < -0.4 is 4.74 Å². The fourth-order valence-corrected chi connectivity index (χ4v) is 3.73. The van der Waals surface area contributed by atoms with E-state index in [0.717, 1.165) is 31.1 Å². The third-order valence-corrected chi connectivity index (χ3v) is 5.09. The largest absolute Gasteiger partial charge is 0.497 e. The van der Waals surface area contributed by atoms with Gasteiger partial charge in [0.05, 0.1) is 7.11 Å². The van der Waals surface area contributed by atoms with Crippen molar-refractivity contribution in [2.45, 2.75) is 19.0 Å². The van der Waals surface area contributed by atoms with Gasteiger partial charge in [-0.15, -0.1) is 6.58 Å². The van der Waals surface area contributed by atoms with Crippen LogP contribution in [0.4, 0.5) is 0 Å². The van der Waals surface area contributed by atoms with Gasteiger partial charge >= 0.3 is 0 Å². The van der Waals surface area contributed by atoms with E-state index in [1.54, 1.807) is 7.11 Å². The second-order valence-electron chi connectivity index (χ2n) is 6.85. The van der Waals surface area contributed by atoms with E-state index in [0.29, 0.717) is 5.92 Å². The summed E-state index contributed by atoms with van der Waals surface area (Å²) in [6.07, 6.45) is 2.06. The first kappa shape index (κ1) is 16.7.